The molecule has 1 aromatic rings. The molecule has 19 heavy (non-hydrogen) atoms. The summed E-state index contributed by atoms with van der Waals surface area (Å²) in [5, 5.41) is 0. The SMILES string of the molecule is CCCCC(=O)N(C)Cc1ccc(SC)c(OC)c1. The maximum Gasteiger partial charge on any atom is 0.222 e. The van der Waals surface area contributed by atoms with E-state index in [4.69, 9.17) is 4.74 Å². The molecule has 0 aliphatic carbocycles. The highest BCUT2D eigenvalue weighted by Gasteiger charge is 2.10. The number of nitrogens with zero attached hydrogens (tertiary/aromatic N) is 1. The first-order valence-corrected chi connectivity index (χ1v) is 7.79. The lowest BCUT2D eigenvalue weighted by Crippen LogP contribution is -2.25. The van der Waals surface area contributed by atoms with E-state index in [0.29, 0.717) is 13.0 Å². The fourth-order valence-electron chi connectivity index (χ4n) is 1.86. The number of ether oxygens (including phenoxy) is 1. The van der Waals surface area contributed by atoms with E-state index in [-0.39, 0.29) is 5.91 Å². The third-order valence-electron chi connectivity index (χ3n) is 3.04. The number of hydrogen-bond acceptors (Lipinski definition) is 3. The fraction of sp³-hybridized carbons (Fsp3) is 0.533. The van der Waals surface area contributed by atoms with E-state index in [1.54, 1.807) is 23.8 Å². The number of rotatable bonds is 7. The summed E-state index contributed by atoms with van der Waals surface area (Å²) in [6.45, 7) is 2.73. The van der Waals surface area contributed by atoms with E-state index >= 15 is 0 Å². The zero-order valence-electron chi connectivity index (χ0n) is 12.2. The van der Waals surface area contributed by atoms with E-state index < -0.39 is 0 Å². The highest BCUT2D eigenvalue weighted by atomic mass is 32.2. The van der Waals surface area contributed by atoms with Gasteiger partial charge in [0.05, 0.1) is 7.11 Å². The highest BCUT2D eigenvalue weighted by Crippen LogP contribution is 2.28. The standard InChI is InChI=1S/C15H23NO2S/c1-5-6-7-15(17)16(2)11-12-8-9-14(19-4)13(10-12)18-3/h8-10H,5-7,11H2,1-4H3. The molecule has 0 N–H and O–H groups in total. The molecule has 0 aromatic heterocycles. The van der Waals surface area contributed by atoms with Crippen LogP contribution in [0, 0.1) is 0 Å². The highest BCUT2D eigenvalue weighted by molar-refractivity contribution is 7.98. The summed E-state index contributed by atoms with van der Waals surface area (Å²) in [4.78, 5) is 14.8. The molecule has 0 atom stereocenters. The number of unbranched alkanes of at least 4 members (excludes halogenated alkanes) is 1. The molecule has 3 nitrogen and oxygen atoms in total. The number of carbonyl (C=O) groups is 1. The maximum absolute atomic E-state index is 11.9. The minimum absolute atomic E-state index is 0.203. The van der Waals surface area contributed by atoms with Crippen LogP contribution in [-0.2, 0) is 11.3 Å². The predicted octanol–water partition coefficient (Wildman–Crippen LogP) is 3.57. The van der Waals surface area contributed by atoms with E-state index in [1.807, 2.05) is 25.4 Å². The predicted molar refractivity (Wildman–Crippen MR) is 80.8 cm³/mol. The summed E-state index contributed by atoms with van der Waals surface area (Å²) in [6, 6.07) is 6.11. The van der Waals surface area contributed by atoms with Crippen molar-refractivity contribution in [1.29, 1.82) is 0 Å². The first-order chi connectivity index (χ1) is 9.12. The molecule has 0 unspecified atom stereocenters. The third kappa shape index (κ3) is 4.78. The van der Waals surface area contributed by atoms with E-state index in [9.17, 15) is 4.79 Å². The number of amides is 1. The zero-order valence-corrected chi connectivity index (χ0v) is 13.0. The van der Waals surface area contributed by atoms with Gasteiger partial charge in [-0.3, -0.25) is 4.79 Å². The molecule has 0 saturated heterocycles. The molecule has 0 radical (unpaired) electrons. The number of carbonyl (C=O) groups excluding carboxylic acids is 1. The van der Waals surface area contributed by atoms with Crippen molar-refractivity contribution >= 4 is 17.7 Å². The van der Waals surface area contributed by atoms with Crippen molar-refractivity contribution in [3.05, 3.63) is 23.8 Å². The molecule has 4 heteroatoms. The minimum atomic E-state index is 0.203. The molecule has 0 fully saturated rings. The van der Waals surface area contributed by atoms with Gasteiger partial charge in [-0.05, 0) is 30.4 Å². The Morgan fingerprint density at radius 3 is 2.74 bits per heavy atom. The number of hydrogen-bond donors (Lipinski definition) is 0. The van der Waals surface area contributed by atoms with E-state index in [2.05, 4.69) is 13.0 Å². The van der Waals surface area contributed by atoms with Gasteiger partial charge in [0.2, 0.25) is 5.91 Å². The van der Waals surface area contributed by atoms with Crippen molar-refractivity contribution < 1.29 is 9.53 Å². The quantitative estimate of drug-likeness (QED) is 0.716. The second-order valence-electron chi connectivity index (χ2n) is 4.54. The first-order valence-electron chi connectivity index (χ1n) is 6.57. The lowest BCUT2D eigenvalue weighted by Gasteiger charge is -2.18. The summed E-state index contributed by atoms with van der Waals surface area (Å²) in [7, 11) is 3.53. The molecule has 0 aliphatic rings. The molecular weight excluding hydrogens is 258 g/mol. The van der Waals surface area contributed by atoms with Gasteiger partial charge in [-0.2, -0.15) is 0 Å². The largest absolute Gasteiger partial charge is 0.496 e. The summed E-state index contributed by atoms with van der Waals surface area (Å²) in [5.74, 6) is 1.08. The molecule has 1 amide bonds. The lowest BCUT2D eigenvalue weighted by molar-refractivity contribution is -0.130. The van der Waals surface area contributed by atoms with Crippen LogP contribution in [0.4, 0.5) is 0 Å². The third-order valence-corrected chi connectivity index (χ3v) is 3.81. The maximum atomic E-state index is 11.9. The molecule has 0 bridgehead atoms. The Bertz CT molecular complexity index is 421. The van der Waals surface area contributed by atoms with Gasteiger partial charge in [0, 0.05) is 24.9 Å². The topological polar surface area (TPSA) is 29.5 Å². The lowest BCUT2D eigenvalue weighted by atomic mass is 10.2. The second-order valence-corrected chi connectivity index (χ2v) is 5.39. The molecular formula is C15H23NO2S. The van der Waals surface area contributed by atoms with Gasteiger partial charge in [0.1, 0.15) is 5.75 Å². The second kappa shape index (κ2) is 8.10. The Balaban J connectivity index is 2.68. The summed E-state index contributed by atoms with van der Waals surface area (Å²) < 4.78 is 5.36. The van der Waals surface area contributed by atoms with Crippen LogP contribution in [0.5, 0.6) is 5.75 Å². The van der Waals surface area contributed by atoms with Gasteiger partial charge in [-0.15, -0.1) is 11.8 Å². The molecule has 0 heterocycles. The van der Waals surface area contributed by atoms with Crippen LogP contribution in [0.25, 0.3) is 0 Å². The van der Waals surface area contributed by atoms with Gasteiger partial charge in [-0.1, -0.05) is 19.4 Å². The number of methoxy groups -OCH3 is 1. The van der Waals surface area contributed by atoms with Crippen LogP contribution in [0.15, 0.2) is 23.1 Å². The van der Waals surface area contributed by atoms with Crippen LogP contribution in [0.1, 0.15) is 31.7 Å². The van der Waals surface area contributed by atoms with Crippen molar-refractivity contribution in [3.63, 3.8) is 0 Å². The smallest absolute Gasteiger partial charge is 0.222 e. The van der Waals surface area contributed by atoms with Gasteiger partial charge in [0.25, 0.3) is 0 Å². The Morgan fingerprint density at radius 1 is 1.42 bits per heavy atom. The average molecular weight is 281 g/mol. The fourth-order valence-corrected chi connectivity index (χ4v) is 2.41. The molecule has 0 saturated carbocycles. The Labute approximate surface area is 120 Å². The van der Waals surface area contributed by atoms with Gasteiger partial charge >= 0.3 is 0 Å². The van der Waals surface area contributed by atoms with Gasteiger partial charge in [-0.25, -0.2) is 0 Å². The van der Waals surface area contributed by atoms with E-state index in [1.165, 1.54) is 0 Å². The van der Waals surface area contributed by atoms with Crippen molar-refractivity contribution in [2.75, 3.05) is 20.4 Å². The molecule has 1 rings (SSSR count). The minimum Gasteiger partial charge on any atom is -0.496 e. The summed E-state index contributed by atoms with van der Waals surface area (Å²) in [6.07, 6.45) is 4.67. The Hall–Kier alpha value is -1.16. The van der Waals surface area contributed by atoms with Crippen LogP contribution in [0.3, 0.4) is 0 Å². The van der Waals surface area contributed by atoms with Crippen molar-refractivity contribution in [3.8, 4) is 5.75 Å². The Morgan fingerprint density at radius 2 is 2.16 bits per heavy atom. The van der Waals surface area contributed by atoms with Crippen LogP contribution in [-0.4, -0.2) is 31.2 Å². The van der Waals surface area contributed by atoms with Crippen molar-refractivity contribution in [2.45, 2.75) is 37.6 Å². The van der Waals surface area contributed by atoms with Crippen LogP contribution < -0.4 is 4.74 Å². The molecule has 106 valence electrons. The molecule has 1 aromatic carbocycles. The number of benzene rings is 1. The monoisotopic (exact) mass is 281 g/mol. The van der Waals surface area contributed by atoms with Crippen molar-refractivity contribution in [1.82, 2.24) is 4.90 Å². The van der Waals surface area contributed by atoms with Gasteiger partial charge < -0.3 is 9.64 Å². The van der Waals surface area contributed by atoms with Gasteiger partial charge in [0.15, 0.2) is 0 Å². The first kappa shape index (κ1) is 15.9. The van der Waals surface area contributed by atoms with Crippen LogP contribution in [0.2, 0.25) is 0 Å². The number of thioether (sulfide) groups is 1. The zero-order chi connectivity index (χ0) is 14.3. The molecule has 0 spiro atoms. The van der Waals surface area contributed by atoms with Crippen molar-refractivity contribution in [2.24, 2.45) is 0 Å². The Kier molecular flexibility index (Phi) is 6.78. The van der Waals surface area contributed by atoms with Crippen LogP contribution >= 0.6 is 11.8 Å². The average Bonchev–Trinajstić information content (AvgIpc) is 2.44. The summed E-state index contributed by atoms with van der Waals surface area (Å²) in [5.41, 5.74) is 1.10. The normalized spacial score (nSPS) is 10.3. The van der Waals surface area contributed by atoms with E-state index in [0.717, 1.165) is 29.1 Å². The summed E-state index contributed by atoms with van der Waals surface area (Å²) >= 11 is 1.66. The molecule has 0 aliphatic heterocycles.